The summed E-state index contributed by atoms with van der Waals surface area (Å²) in [6, 6.07) is 21.8. The van der Waals surface area contributed by atoms with Crippen LogP contribution in [0.2, 0.25) is 0 Å². The van der Waals surface area contributed by atoms with E-state index in [4.69, 9.17) is 58.4 Å². The fourth-order valence-corrected chi connectivity index (χ4v) is 11.4. The molecule has 5 atom stereocenters. The summed E-state index contributed by atoms with van der Waals surface area (Å²) in [5.74, 6) is -0.178. The summed E-state index contributed by atoms with van der Waals surface area (Å²) in [7, 11) is 6.61. The van der Waals surface area contributed by atoms with E-state index >= 15 is 0 Å². The van der Waals surface area contributed by atoms with Gasteiger partial charge in [0.1, 0.15) is 11.5 Å². The number of Topliss-reactive ketones (excluding diaryl/α,β-unsaturated/α-hetero) is 2. The number of aliphatic imine (C=N–C) groups is 2. The van der Waals surface area contributed by atoms with Crippen molar-refractivity contribution in [1.82, 2.24) is 20.0 Å². The van der Waals surface area contributed by atoms with Gasteiger partial charge in [-0.2, -0.15) is 0 Å². The van der Waals surface area contributed by atoms with Gasteiger partial charge in [-0.3, -0.25) is 53.2 Å². The molecule has 6 amide bonds. The van der Waals surface area contributed by atoms with Gasteiger partial charge in [0.05, 0.1) is 121 Å². The Balaban J connectivity index is 0.000000259. The van der Waals surface area contributed by atoms with Gasteiger partial charge in [-0.25, -0.2) is 0 Å². The van der Waals surface area contributed by atoms with Crippen molar-refractivity contribution in [1.29, 1.82) is 0 Å². The number of fused-ring (bicyclic) bond motifs is 4. The van der Waals surface area contributed by atoms with E-state index in [1.165, 1.54) is 4.90 Å². The Labute approximate surface area is 566 Å². The number of hydrogen-bond acceptors (Lipinski definition) is 20. The van der Waals surface area contributed by atoms with E-state index in [-0.39, 0.29) is 104 Å². The first-order chi connectivity index (χ1) is 46.8. The molecule has 4 aromatic carbocycles. The Morgan fingerprint density at radius 1 is 0.598 bits per heavy atom. The van der Waals surface area contributed by atoms with Crippen LogP contribution in [0.15, 0.2) is 95.2 Å². The molecule has 5 heterocycles. The van der Waals surface area contributed by atoms with Gasteiger partial charge in [-0.1, -0.05) is 52.0 Å². The van der Waals surface area contributed by atoms with Gasteiger partial charge in [0.15, 0.2) is 28.8 Å². The van der Waals surface area contributed by atoms with E-state index in [1.807, 2.05) is 82.1 Å². The van der Waals surface area contributed by atoms with Gasteiger partial charge in [0, 0.05) is 126 Å². The van der Waals surface area contributed by atoms with Gasteiger partial charge in [-0.05, 0) is 71.0 Å². The SMILES string of the molecule is CC1CC(=O)N(CCC(=O)CCCOCCOCCOCCOCCC(=O)N[C@H](C(=O)C[C@@H](C)C(N)=O)C(C)C)C1=O.CNc1ccc(C2=CN3C(=O)c4cc(OC)c(OCCCOc5cc6c(cc5OC)C(=O)N5C=C(c7ccc(OC)cc7)C[C@@H]5C=N6)cc4N=C[C@H]3C2)cc1. The summed E-state index contributed by atoms with van der Waals surface area (Å²) in [6.45, 7) is 10.5. The number of nitrogens with zero attached hydrogens (tertiary/aromatic N) is 5. The predicted octanol–water partition coefficient (Wildman–Crippen LogP) is 8.34. The lowest BCUT2D eigenvalue weighted by Crippen LogP contribution is -2.45. The van der Waals surface area contributed by atoms with E-state index in [0.29, 0.717) is 137 Å². The summed E-state index contributed by atoms with van der Waals surface area (Å²) < 4.78 is 50.5. The molecule has 5 aliphatic rings. The highest BCUT2D eigenvalue weighted by Crippen LogP contribution is 2.42. The van der Waals surface area contributed by atoms with Crippen LogP contribution >= 0.6 is 0 Å². The molecule has 0 radical (unpaired) electrons. The Hall–Kier alpha value is -9.30. The third kappa shape index (κ3) is 20.1. The number of likely N-dealkylation sites (tertiary alicyclic amines) is 1. The van der Waals surface area contributed by atoms with Crippen molar-refractivity contribution >= 4 is 87.6 Å². The lowest BCUT2D eigenvalue weighted by atomic mass is 9.93. The van der Waals surface area contributed by atoms with Gasteiger partial charge in [0.25, 0.3) is 11.8 Å². The number of imide groups is 1. The second-order valence-corrected chi connectivity index (χ2v) is 24.3. The number of nitrogens with one attached hydrogen (secondary N) is 2. The number of primary amides is 1. The summed E-state index contributed by atoms with van der Waals surface area (Å²) in [4.78, 5) is 113. The van der Waals surface area contributed by atoms with Gasteiger partial charge < -0.3 is 68.8 Å². The van der Waals surface area contributed by atoms with Crippen molar-refractivity contribution in [3.63, 3.8) is 0 Å². The first-order valence-electron chi connectivity index (χ1n) is 32.9. The quantitative estimate of drug-likeness (QED) is 0.0282. The third-order valence-corrected chi connectivity index (χ3v) is 17.0. The zero-order valence-electron chi connectivity index (χ0n) is 56.6. The molecule has 1 saturated heterocycles. The number of amides is 6. The molecule has 0 saturated carbocycles. The van der Waals surface area contributed by atoms with Gasteiger partial charge in [0.2, 0.25) is 23.6 Å². The Kier molecular flexibility index (Phi) is 27.4. The van der Waals surface area contributed by atoms with E-state index < -0.39 is 17.9 Å². The average molecular weight is 1340 g/mol. The fraction of sp³-hybridized carbons (Fsp3) is 0.472. The average Bonchev–Trinajstić information content (AvgIpc) is 1.65. The number of nitrogens with two attached hydrogens (primary N) is 1. The van der Waals surface area contributed by atoms with Crippen LogP contribution in [-0.4, -0.2) is 193 Å². The van der Waals surface area contributed by atoms with Crippen molar-refractivity contribution in [3.05, 3.63) is 107 Å². The summed E-state index contributed by atoms with van der Waals surface area (Å²) in [6.07, 6.45) is 10.7. The first kappa shape index (κ1) is 73.5. The number of methoxy groups -OCH3 is 3. The molecule has 4 N–H and O–H groups in total. The number of anilines is 1. The third-order valence-electron chi connectivity index (χ3n) is 17.0. The normalized spacial score (nSPS) is 17.4. The van der Waals surface area contributed by atoms with Gasteiger partial charge in [-0.15, -0.1) is 0 Å². The fourth-order valence-electron chi connectivity index (χ4n) is 11.4. The second-order valence-electron chi connectivity index (χ2n) is 24.3. The van der Waals surface area contributed by atoms with Crippen molar-refractivity contribution in [2.45, 2.75) is 104 Å². The largest absolute Gasteiger partial charge is 0.497 e. The molecule has 1 unspecified atom stereocenters. The minimum absolute atomic E-state index is 0.000872. The molecule has 25 heteroatoms. The number of benzene rings is 4. The summed E-state index contributed by atoms with van der Waals surface area (Å²) in [5.41, 5.74) is 12.4. The molecular formula is C72H90N8O17. The van der Waals surface area contributed by atoms with Gasteiger partial charge >= 0.3 is 0 Å². The molecule has 520 valence electrons. The Morgan fingerprint density at radius 3 is 1.57 bits per heavy atom. The highest BCUT2D eigenvalue weighted by atomic mass is 16.6. The molecule has 4 aromatic rings. The minimum Gasteiger partial charge on any atom is -0.497 e. The maximum atomic E-state index is 13.8. The molecule has 5 aliphatic heterocycles. The molecular weight excluding hydrogens is 1250 g/mol. The highest BCUT2D eigenvalue weighted by Gasteiger charge is 2.37. The number of hydrogen-bond donors (Lipinski definition) is 3. The molecule has 0 aromatic heterocycles. The predicted molar refractivity (Wildman–Crippen MR) is 364 cm³/mol. The van der Waals surface area contributed by atoms with Crippen LogP contribution in [0.4, 0.5) is 17.1 Å². The number of carbonyl (C=O) groups excluding carboxylic acids is 8. The lowest BCUT2D eigenvalue weighted by molar-refractivity contribution is -0.139. The molecule has 9 rings (SSSR count). The van der Waals surface area contributed by atoms with Crippen LogP contribution in [0.3, 0.4) is 0 Å². The van der Waals surface area contributed by atoms with Crippen molar-refractivity contribution < 1.29 is 81.0 Å². The number of ketones is 2. The maximum absolute atomic E-state index is 13.8. The Morgan fingerprint density at radius 2 is 1.10 bits per heavy atom. The molecule has 0 spiro atoms. The van der Waals surface area contributed by atoms with Crippen molar-refractivity contribution in [2.75, 3.05) is 106 Å². The van der Waals surface area contributed by atoms with Crippen LogP contribution in [0, 0.1) is 17.8 Å². The van der Waals surface area contributed by atoms with Crippen LogP contribution < -0.4 is 40.1 Å². The highest BCUT2D eigenvalue weighted by molar-refractivity contribution is 6.07. The lowest BCUT2D eigenvalue weighted by Gasteiger charge is -2.22. The van der Waals surface area contributed by atoms with Crippen LogP contribution in [0.1, 0.15) is 117 Å². The van der Waals surface area contributed by atoms with E-state index in [0.717, 1.165) is 33.7 Å². The summed E-state index contributed by atoms with van der Waals surface area (Å²) in [5, 5.41) is 5.85. The van der Waals surface area contributed by atoms with E-state index in [1.54, 1.807) is 69.2 Å². The monoisotopic (exact) mass is 1340 g/mol. The van der Waals surface area contributed by atoms with E-state index in [2.05, 4.69) is 22.8 Å². The van der Waals surface area contributed by atoms with Crippen molar-refractivity contribution in [3.8, 4) is 28.7 Å². The van der Waals surface area contributed by atoms with E-state index in [9.17, 15) is 38.4 Å². The van der Waals surface area contributed by atoms with Crippen LogP contribution in [0.5, 0.6) is 28.7 Å². The second kappa shape index (κ2) is 36.2. The number of ether oxygens (including phenoxy) is 9. The topological polar surface area (TPSA) is 304 Å². The molecule has 97 heavy (non-hydrogen) atoms. The number of rotatable bonds is 37. The molecule has 1 fully saturated rings. The van der Waals surface area contributed by atoms with Crippen LogP contribution in [-0.2, 0) is 47.7 Å². The van der Waals surface area contributed by atoms with Crippen molar-refractivity contribution in [2.24, 2.45) is 33.5 Å². The molecule has 25 nitrogen and oxygen atoms in total. The summed E-state index contributed by atoms with van der Waals surface area (Å²) >= 11 is 0. The zero-order valence-corrected chi connectivity index (χ0v) is 56.6. The zero-order chi connectivity index (χ0) is 69.5. The molecule has 0 aliphatic carbocycles. The van der Waals surface area contributed by atoms with Crippen LogP contribution in [0.25, 0.3) is 11.1 Å². The molecule has 0 bridgehead atoms. The first-order valence-corrected chi connectivity index (χ1v) is 32.9. The standard InChI is InChI=1S/C43H41N5O7.C29H49N3O10/c1-44-30-10-6-26(7-11-30)28-16-31-22-45-36-20-40(38(52-3)18-34(36)42(49)47(31)24-28)54-14-5-15-55-41-21-37-35(19-39(41)53-4)43(50)48-25-29(17-32(48)23-46-37)27-8-12-33(51-2)13-9-27;1-20(2)27(24(34)18-21(3)28(30)37)31-25(35)8-11-40-13-15-42-17-16-41-14-12-39-10-5-6-23(33)7-9-32-26(36)19-22(4)29(32)38/h6-13,18-25,31-32,44H,5,14-17H2,1-4H3;20-22,27H,5-19H2,1-4H3,(H2,30,37)(H,31,35)/t31-,32-;21-,22?,27+/m11/s1. The Bertz CT molecular complexity index is 3410. The smallest absolute Gasteiger partial charge is 0.260 e. The minimum atomic E-state index is -0.682. The maximum Gasteiger partial charge on any atom is 0.260 e. The number of carbonyl (C=O) groups is 8.